The van der Waals surface area contributed by atoms with Gasteiger partial charge in [-0.1, -0.05) is 13.8 Å². The van der Waals surface area contributed by atoms with Gasteiger partial charge >= 0.3 is 5.97 Å². The molecule has 1 amide bonds. The first-order valence-electron chi connectivity index (χ1n) is 7.60. The molecule has 0 aromatic carbocycles. The molecule has 0 bridgehead atoms. The van der Waals surface area contributed by atoms with E-state index in [2.05, 4.69) is 10.2 Å². The van der Waals surface area contributed by atoms with Crippen molar-refractivity contribution in [2.24, 2.45) is 5.41 Å². The molecule has 2 rings (SSSR count). The fourth-order valence-corrected chi connectivity index (χ4v) is 4.07. The molecule has 6 heteroatoms. The molecule has 0 aromatic rings. The van der Waals surface area contributed by atoms with Crippen molar-refractivity contribution in [3.63, 3.8) is 0 Å². The smallest absolute Gasteiger partial charge is 0.337 e. The van der Waals surface area contributed by atoms with Crippen molar-refractivity contribution in [2.75, 3.05) is 18.8 Å². The van der Waals surface area contributed by atoms with Crippen LogP contribution in [0.15, 0.2) is 22.4 Å². The SMILES string of the molecule is CCNC(=O)C=C1CSC2=C(C(=O)OC(C)C)C(C)(C)CN12. The Morgan fingerprint density at radius 2 is 2.14 bits per heavy atom. The summed E-state index contributed by atoms with van der Waals surface area (Å²) in [7, 11) is 0. The highest BCUT2D eigenvalue weighted by molar-refractivity contribution is 8.03. The Labute approximate surface area is 136 Å². The van der Waals surface area contributed by atoms with E-state index < -0.39 is 0 Å². The van der Waals surface area contributed by atoms with E-state index in [0.717, 1.165) is 16.3 Å². The van der Waals surface area contributed by atoms with Crippen LogP contribution in [0.4, 0.5) is 0 Å². The van der Waals surface area contributed by atoms with Gasteiger partial charge in [0.1, 0.15) is 0 Å². The summed E-state index contributed by atoms with van der Waals surface area (Å²) in [6.45, 7) is 11.0. The lowest BCUT2D eigenvalue weighted by Gasteiger charge is -2.23. The largest absolute Gasteiger partial charge is 0.460 e. The van der Waals surface area contributed by atoms with Crippen LogP contribution >= 0.6 is 11.8 Å². The summed E-state index contributed by atoms with van der Waals surface area (Å²) in [6, 6.07) is 0. The molecule has 1 N–H and O–H groups in total. The first-order valence-corrected chi connectivity index (χ1v) is 8.59. The molecule has 5 nitrogen and oxygen atoms in total. The first-order chi connectivity index (χ1) is 10.3. The molecule has 0 spiro atoms. The van der Waals surface area contributed by atoms with Gasteiger partial charge in [-0.25, -0.2) is 4.79 Å². The van der Waals surface area contributed by atoms with E-state index in [1.165, 1.54) is 0 Å². The van der Waals surface area contributed by atoms with Crippen LogP contribution in [-0.4, -0.2) is 41.7 Å². The third kappa shape index (κ3) is 3.32. The van der Waals surface area contributed by atoms with E-state index in [0.29, 0.717) is 18.8 Å². The topological polar surface area (TPSA) is 58.6 Å². The van der Waals surface area contributed by atoms with Crippen molar-refractivity contribution in [3.8, 4) is 0 Å². The lowest BCUT2D eigenvalue weighted by atomic mass is 9.87. The Balaban J connectivity index is 2.29. The van der Waals surface area contributed by atoms with Gasteiger partial charge in [-0.2, -0.15) is 0 Å². The van der Waals surface area contributed by atoms with Crippen LogP contribution in [0.25, 0.3) is 0 Å². The molecular weight excluding hydrogens is 300 g/mol. The van der Waals surface area contributed by atoms with Crippen LogP contribution in [0.2, 0.25) is 0 Å². The van der Waals surface area contributed by atoms with Gasteiger partial charge in [0.05, 0.1) is 16.7 Å². The van der Waals surface area contributed by atoms with Crippen LogP contribution in [-0.2, 0) is 14.3 Å². The third-order valence-corrected chi connectivity index (χ3v) is 4.73. The number of amides is 1. The lowest BCUT2D eigenvalue weighted by Crippen LogP contribution is -2.28. The molecule has 0 aromatic heterocycles. The molecule has 22 heavy (non-hydrogen) atoms. The molecule has 122 valence electrons. The second-order valence-electron chi connectivity index (χ2n) is 6.42. The highest BCUT2D eigenvalue weighted by Crippen LogP contribution is 2.50. The second kappa shape index (κ2) is 6.36. The molecule has 2 aliphatic heterocycles. The molecule has 0 unspecified atom stereocenters. The number of hydrogen-bond acceptors (Lipinski definition) is 5. The Hall–Kier alpha value is -1.43. The fraction of sp³-hybridized carbons (Fsp3) is 0.625. The zero-order valence-corrected chi connectivity index (χ0v) is 14.7. The van der Waals surface area contributed by atoms with Crippen molar-refractivity contribution < 1.29 is 14.3 Å². The van der Waals surface area contributed by atoms with Crippen molar-refractivity contribution >= 4 is 23.6 Å². The number of ether oxygens (including phenoxy) is 1. The number of carbonyl (C=O) groups is 2. The maximum absolute atomic E-state index is 12.4. The van der Waals surface area contributed by atoms with Crippen molar-refractivity contribution in [2.45, 2.75) is 40.7 Å². The molecule has 1 saturated heterocycles. The van der Waals surface area contributed by atoms with E-state index in [1.54, 1.807) is 17.8 Å². The van der Waals surface area contributed by atoms with Crippen LogP contribution in [0, 0.1) is 5.41 Å². The lowest BCUT2D eigenvalue weighted by molar-refractivity contribution is -0.143. The highest BCUT2D eigenvalue weighted by Gasteiger charge is 2.46. The van der Waals surface area contributed by atoms with E-state index >= 15 is 0 Å². The summed E-state index contributed by atoms with van der Waals surface area (Å²) < 4.78 is 5.40. The molecule has 2 aliphatic rings. The highest BCUT2D eigenvalue weighted by atomic mass is 32.2. The van der Waals surface area contributed by atoms with Gasteiger partial charge in [0.25, 0.3) is 0 Å². The summed E-state index contributed by atoms with van der Waals surface area (Å²) in [4.78, 5) is 26.3. The maximum Gasteiger partial charge on any atom is 0.337 e. The maximum atomic E-state index is 12.4. The zero-order valence-electron chi connectivity index (χ0n) is 13.9. The number of nitrogens with one attached hydrogen (secondary N) is 1. The van der Waals surface area contributed by atoms with Gasteiger partial charge < -0.3 is 15.0 Å². The monoisotopic (exact) mass is 324 g/mol. The van der Waals surface area contributed by atoms with E-state index in [4.69, 9.17) is 4.74 Å². The van der Waals surface area contributed by atoms with Crippen molar-refractivity contribution in [3.05, 3.63) is 22.4 Å². The standard InChI is InChI=1S/C16H24N2O3S/c1-6-17-12(19)7-11-8-22-14-13(15(20)21-10(2)3)16(4,5)9-18(11)14/h7,10H,6,8-9H2,1-5H3,(H,17,19). The quantitative estimate of drug-likeness (QED) is 0.635. The third-order valence-electron chi connectivity index (χ3n) is 3.59. The van der Waals surface area contributed by atoms with Crippen LogP contribution in [0.3, 0.4) is 0 Å². The minimum Gasteiger partial charge on any atom is -0.460 e. The molecule has 0 radical (unpaired) electrons. The van der Waals surface area contributed by atoms with Gasteiger partial charge in [0.15, 0.2) is 0 Å². The van der Waals surface area contributed by atoms with Crippen molar-refractivity contribution in [1.29, 1.82) is 0 Å². The Bertz CT molecular complexity index is 550. The predicted octanol–water partition coefficient (Wildman–Crippen LogP) is 2.26. The van der Waals surface area contributed by atoms with E-state index in [1.807, 2.05) is 34.6 Å². The number of fused-ring (bicyclic) bond motifs is 1. The molecular formula is C16H24N2O3S. The molecule has 0 aliphatic carbocycles. The first kappa shape index (κ1) is 16.9. The number of carbonyl (C=O) groups excluding carboxylic acids is 2. The van der Waals surface area contributed by atoms with E-state index in [-0.39, 0.29) is 23.4 Å². The molecule has 1 fully saturated rings. The van der Waals surface area contributed by atoms with Crippen molar-refractivity contribution in [1.82, 2.24) is 10.2 Å². The summed E-state index contributed by atoms with van der Waals surface area (Å²) in [5.74, 6) is 0.376. The van der Waals surface area contributed by atoms with Crippen LogP contribution in [0.1, 0.15) is 34.6 Å². The predicted molar refractivity (Wildman–Crippen MR) is 88.0 cm³/mol. The minimum atomic E-state index is -0.283. The van der Waals surface area contributed by atoms with Crippen LogP contribution in [0.5, 0.6) is 0 Å². The average molecular weight is 324 g/mol. The number of hydrogen-bond donors (Lipinski definition) is 1. The van der Waals surface area contributed by atoms with Gasteiger partial charge in [-0.05, 0) is 20.8 Å². The Morgan fingerprint density at radius 3 is 2.73 bits per heavy atom. The number of nitrogens with zero attached hydrogens (tertiary/aromatic N) is 1. The van der Waals surface area contributed by atoms with Gasteiger partial charge in [0.2, 0.25) is 5.91 Å². The number of rotatable bonds is 4. The zero-order chi connectivity index (χ0) is 16.5. The fourth-order valence-electron chi connectivity index (χ4n) is 2.71. The van der Waals surface area contributed by atoms with Crippen LogP contribution < -0.4 is 5.32 Å². The summed E-state index contributed by atoms with van der Waals surface area (Å²) in [5, 5.41) is 3.71. The second-order valence-corrected chi connectivity index (χ2v) is 7.39. The van der Waals surface area contributed by atoms with Gasteiger partial charge in [-0.15, -0.1) is 11.8 Å². The van der Waals surface area contributed by atoms with E-state index in [9.17, 15) is 9.59 Å². The average Bonchev–Trinajstić information content (AvgIpc) is 2.84. The minimum absolute atomic E-state index is 0.0876. The van der Waals surface area contributed by atoms with Gasteiger partial charge in [0, 0.05) is 36.0 Å². The summed E-state index contributed by atoms with van der Waals surface area (Å²) >= 11 is 1.60. The Morgan fingerprint density at radius 1 is 1.45 bits per heavy atom. The molecule has 0 saturated carbocycles. The molecule has 2 heterocycles. The number of thioether (sulfide) groups is 1. The summed E-state index contributed by atoms with van der Waals surface area (Å²) in [6.07, 6.45) is 1.50. The Kier molecular flexibility index (Phi) is 4.90. The number of esters is 1. The molecule has 0 atom stereocenters. The summed E-state index contributed by atoms with van der Waals surface area (Å²) in [5.41, 5.74) is 1.39. The normalized spacial score (nSPS) is 21.5. The van der Waals surface area contributed by atoms with Gasteiger partial charge in [-0.3, -0.25) is 4.79 Å². The number of likely N-dealkylation sites (N-methyl/N-ethyl adjacent to an activating group) is 1.